The van der Waals surface area contributed by atoms with Gasteiger partial charge in [0.1, 0.15) is 5.75 Å². The van der Waals surface area contributed by atoms with Crippen LogP contribution in [0.2, 0.25) is 10.0 Å². The number of carbonyl (C=O) groups is 1. The van der Waals surface area contributed by atoms with Crippen LogP contribution in [0.25, 0.3) is 0 Å². The van der Waals surface area contributed by atoms with Crippen LogP contribution in [0.3, 0.4) is 0 Å². The Hall–Kier alpha value is -1.95. The average molecular weight is 476 g/mol. The van der Waals surface area contributed by atoms with Crippen LogP contribution >= 0.6 is 23.2 Å². The minimum atomic E-state index is -0.127. The van der Waals surface area contributed by atoms with Crippen LogP contribution in [0.4, 0.5) is 10.5 Å². The molecule has 2 amide bonds. The number of ether oxygens (including phenoxy) is 1. The first kappa shape index (κ1) is 23.2. The zero-order valence-electron chi connectivity index (χ0n) is 18.7. The van der Waals surface area contributed by atoms with Gasteiger partial charge in [-0.25, -0.2) is 4.79 Å². The zero-order valence-corrected chi connectivity index (χ0v) is 20.3. The average Bonchev–Trinajstić information content (AvgIpc) is 3.24. The van der Waals surface area contributed by atoms with E-state index in [1.807, 2.05) is 38.2 Å². The van der Waals surface area contributed by atoms with Gasteiger partial charge in [0, 0.05) is 30.8 Å². The molecular weight excluding hydrogens is 445 g/mol. The summed E-state index contributed by atoms with van der Waals surface area (Å²) in [6, 6.07) is 11.4. The van der Waals surface area contributed by atoms with Crippen molar-refractivity contribution in [1.29, 1.82) is 0 Å². The van der Waals surface area contributed by atoms with Gasteiger partial charge in [0.25, 0.3) is 0 Å². The van der Waals surface area contributed by atoms with E-state index in [4.69, 9.17) is 27.9 Å². The minimum Gasteiger partial charge on any atom is -0.489 e. The van der Waals surface area contributed by atoms with Crippen molar-refractivity contribution in [1.82, 2.24) is 9.80 Å². The Balaban J connectivity index is 1.24. The van der Waals surface area contributed by atoms with Crippen LogP contribution < -0.4 is 10.1 Å². The third kappa shape index (κ3) is 5.69. The second-order valence-electron chi connectivity index (χ2n) is 9.06. The molecule has 1 aliphatic carbocycles. The van der Waals surface area contributed by atoms with E-state index in [-0.39, 0.29) is 12.1 Å². The summed E-state index contributed by atoms with van der Waals surface area (Å²) in [4.78, 5) is 16.7. The minimum absolute atomic E-state index is 0.127. The molecule has 0 aromatic heterocycles. The normalized spacial score (nSPS) is 20.6. The van der Waals surface area contributed by atoms with Crippen LogP contribution in [-0.4, -0.2) is 48.6 Å². The van der Waals surface area contributed by atoms with E-state index < -0.39 is 0 Å². The fraction of sp³-hybridized carbons (Fsp3) is 0.480. The summed E-state index contributed by atoms with van der Waals surface area (Å²) in [6.45, 7) is 5.81. The lowest BCUT2D eigenvalue weighted by molar-refractivity contribution is 0.0532. The molecule has 5 nitrogen and oxygen atoms in total. The summed E-state index contributed by atoms with van der Waals surface area (Å²) in [5.41, 5.74) is 2.86. The van der Waals surface area contributed by atoms with Gasteiger partial charge in [0.15, 0.2) is 0 Å². The number of hydrogen-bond acceptors (Lipinski definition) is 3. The molecule has 1 heterocycles. The number of likely N-dealkylation sites (tertiary alicyclic amines) is 1. The first-order valence-electron chi connectivity index (χ1n) is 11.3. The van der Waals surface area contributed by atoms with E-state index in [1.165, 1.54) is 12.8 Å². The molecule has 0 bridgehead atoms. The number of anilines is 1. The first-order chi connectivity index (χ1) is 15.4. The molecule has 2 fully saturated rings. The fourth-order valence-corrected chi connectivity index (χ4v) is 4.86. The Morgan fingerprint density at radius 1 is 1.19 bits per heavy atom. The molecule has 0 unspecified atom stereocenters. The Bertz CT molecular complexity index is 956. The van der Waals surface area contributed by atoms with E-state index in [9.17, 15) is 4.79 Å². The molecular formula is C25H31Cl2N3O2. The Kier molecular flexibility index (Phi) is 7.49. The summed E-state index contributed by atoms with van der Waals surface area (Å²) in [6.07, 6.45) is 4.51. The molecule has 1 saturated carbocycles. The predicted octanol–water partition coefficient (Wildman–Crippen LogP) is 6.22. The van der Waals surface area contributed by atoms with Gasteiger partial charge in [-0.05, 0) is 80.9 Å². The Morgan fingerprint density at radius 2 is 1.94 bits per heavy atom. The highest BCUT2D eigenvalue weighted by atomic mass is 35.5. The maximum absolute atomic E-state index is 12.6. The monoisotopic (exact) mass is 475 g/mol. The lowest BCUT2D eigenvalue weighted by Crippen LogP contribution is -2.43. The molecule has 1 saturated heterocycles. The Morgan fingerprint density at radius 3 is 2.69 bits per heavy atom. The summed E-state index contributed by atoms with van der Waals surface area (Å²) >= 11 is 12.7. The SMILES string of the molecule is Cc1ccc(Cl)cc1NC(=O)N(C)CC1CC(Oc2cccc(CN3CCCC3)c2Cl)C1. The number of aryl methyl sites for hydroxylation is 1. The third-order valence-corrected chi connectivity index (χ3v) is 7.11. The van der Waals surface area contributed by atoms with Crippen molar-refractivity contribution in [2.24, 2.45) is 5.92 Å². The molecule has 2 aromatic carbocycles. The first-order valence-corrected chi connectivity index (χ1v) is 12.1. The number of benzene rings is 2. The van der Waals surface area contributed by atoms with Crippen molar-refractivity contribution in [3.8, 4) is 5.75 Å². The summed E-state index contributed by atoms with van der Waals surface area (Å²) in [5, 5.41) is 4.29. The molecule has 0 spiro atoms. The quantitative estimate of drug-likeness (QED) is 0.516. The van der Waals surface area contributed by atoms with E-state index >= 15 is 0 Å². The fourth-order valence-electron chi connectivity index (χ4n) is 4.46. The lowest BCUT2D eigenvalue weighted by atomic mass is 9.82. The number of carbonyl (C=O) groups excluding carboxylic acids is 1. The second kappa shape index (κ2) is 10.3. The number of halogens is 2. The zero-order chi connectivity index (χ0) is 22.7. The molecule has 2 aromatic rings. The van der Waals surface area contributed by atoms with E-state index in [2.05, 4.69) is 16.3 Å². The van der Waals surface area contributed by atoms with Crippen molar-refractivity contribution in [3.63, 3.8) is 0 Å². The standard InChI is InChI=1S/C25H31Cl2N3O2/c1-17-8-9-20(26)14-22(17)28-25(31)29(2)15-18-12-21(13-18)32-23-7-5-6-19(24(23)27)16-30-10-3-4-11-30/h5-9,14,18,21H,3-4,10-13,15-16H2,1-2H3,(H,28,31). The number of nitrogens with zero attached hydrogens (tertiary/aromatic N) is 2. The van der Waals surface area contributed by atoms with Crippen LogP contribution in [0.1, 0.15) is 36.8 Å². The molecule has 4 rings (SSSR count). The third-order valence-electron chi connectivity index (χ3n) is 6.44. The number of urea groups is 1. The van der Waals surface area contributed by atoms with Crippen LogP contribution in [-0.2, 0) is 6.54 Å². The number of nitrogens with one attached hydrogen (secondary N) is 1. The Labute approximate surface area is 200 Å². The van der Waals surface area contributed by atoms with Crippen molar-refractivity contribution in [2.45, 2.75) is 45.3 Å². The van der Waals surface area contributed by atoms with E-state index in [0.717, 1.165) is 60.1 Å². The highest BCUT2D eigenvalue weighted by Gasteiger charge is 2.33. The van der Waals surface area contributed by atoms with Crippen LogP contribution in [0, 0.1) is 12.8 Å². The molecule has 2 aliphatic rings. The van der Waals surface area contributed by atoms with Crippen molar-refractivity contribution in [2.75, 3.05) is 32.0 Å². The lowest BCUT2D eigenvalue weighted by Gasteiger charge is -2.37. The van der Waals surface area contributed by atoms with Gasteiger partial charge < -0.3 is 15.0 Å². The van der Waals surface area contributed by atoms with Gasteiger partial charge in [-0.1, -0.05) is 41.4 Å². The van der Waals surface area contributed by atoms with Gasteiger partial charge >= 0.3 is 6.03 Å². The largest absolute Gasteiger partial charge is 0.489 e. The summed E-state index contributed by atoms with van der Waals surface area (Å²) in [7, 11) is 1.82. The molecule has 0 radical (unpaired) electrons. The highest BCUT2D eigenvalue weighted by Crippen LogP contribution is 2.36. The van der Waals surface area contributed by atoms with Crippen molar-refractivity contribution >= 4 is 34.9 Å². The summed E-state index contributed by atoms with van der Waals surface area (Å²) < 4.78 is 6.20. The number of hydrogen-bond donors (Lipinski definition) is 1. The molecule has 172 valence electrons. The maximum atomic E-state index is 12.6. The highest BCUT2D eigenvalue weighted by molar-refractivity contribution is 6.32. The number of amides is 2. The van der Waals surface area contributed by atoms with Gasteiger partial charge in [0.05, 0.1) is 11.1 Å². The predicted molar refractivity (Wildman–Crippen MR) is 131 cm³/mol. The smallest absolute Gasteiger partial charge is 0.321 e. The second-order valence-corrected chi connectivity index (χ2v) is 9.87. The number of rotatable bonds is 7. The molecule has 1 aliphatic heterocycles. The molecule has 7 heteroatoms. The van der Waals surface area contributed by atoms with Gasteiger partial charge in [-0.2, -0.15) is 0 Å². The van der Waals surface area contributed by atoms with E-state index in [1.54, 1.807) is 11.0 Å². The van der Waals surface area contributed by atoms with Crippen molar-refractivity contribution in [3.05, 3.63) is 57.6 Å². The maximum Gasteiger partial charge on any atom is 0.321 e. The summed E-state index contributed by atoms with van der Waals surface area (Å²) in [5.74, 6) is 1.19. The molecule has 32 heavy (non-hydrogen) atoms. The van der Waals surface area contributed by atoms with Crippen LogP contribution in [0.15, 0.2) is 36.4 Å². The topological polar surface area (TPSA) is 44.8 Å². The molecule has 1 N–H and O–H groups in total. The van der Waals surface area contributed by atoms with Crippen molar-refractivity contribution < 1.29 is 9.53 Å². The van der Waals surface area contributed by atoms with E-state index in [0.29, 0.717) is 17.5 Å². The van der Waals surface area contributed by atoms with Gasteiger partial charge in [0.2, 0.25) is 0 Å². The van der Waals surface area contributed by atoms with Gasteiger partial charge in [-0.15, -0.1) is 0 Å². The van der Waals surface area contributed by atoms with Gasteiger partial charge in [-0.3, -0.25) is 4.90 Å². The molecule has 0 atom stereocenters. The van der Waals surface area contributed by atoms with Crippen LogP contribution in [0.5, 0.6) is 5.75 Å².